The molecule has 1 heterocycles. The van der Waals surface area contributed by atoms with Gasteiger partial charge < -0.3 is 9.80 Å². The van der Waals surface area contributed by atoms with Crippen LogP contribution in [0.4, 0.5) is 13.2 Å². The van der Waals surface area contributed by atoms with Gasteiger partial charge in [0.05, 0.1) is 5.71 Å². The molecule has 0 fully saturated rings. The number of alkyl halides is 3. The summed E-state index contributed by atoms with van der Waals surface area (Å²) in [6.45, 7) is 3.91. The van der Waals surface area contributed by atoms with Gasteiger partial charge in [-0.2, -0.15) is 23.4 Å². The van der Waals surface area contributed by atoms with Gasteiger partial charge in [-0.3, -0.25) is 10.4 Å². The van der Waals surface area contributed by atoms with Crippen molar-refractivity contribution in [2.24, 2.45) is 20.2 Å². The summed E-state index contributed by atoms with van der Waals surface area (Å²) in [6, 6.07) is 1.82. The van der Waals surface area contributed by atoms with Crippen molar-refractivity contribution in [3.8, 4) is 6.07 Å². The normalized spacial score (nSPS) is 20.8. The van der Waals surface area contributed by atoms with Crippen molar-refractivity contribution in [3.63, 3.8) is 0 Å². The van der Waals surface area contributed by atoms with E-state index in [9.17, 15) is 13.2 Å². The minimum Gasteiger partial charge on any atom is -0.372 e. The van der Waals surface area contributed by atoms with Crippen LogP contribution in [-0.2, 0) is 0 Å². The zero-order valence-electron chi connectivity index (χ0n) is 16.1. The number of guanidine groups is 1. The molecule has 152 valence electrons. The average Bonchev–Trinajstić information content (AvgIpc) is 3.00. The number of hydrogen-bond donors (Lipinski definition) is 1. The van der Waals surface area contributed by atoms with E-state index in [0.29, 0.717) is 13.1 Å². The number of allylic oxidation sites excluding steroid dienone is 4. The molecule has 0 saturated carbocycles. The number of nitriles is 1. The van der Waals surface area contributed by atoms with Crippen molar-refractivity contribution >= 4 is 29.0 Å². The van der Waals surface area contributed by atoms with Crippen molar-refractivity contribution in [1.82, 2.24) is 9.80 Å². The van der Waals surface area contributed by atoms with E-state index >= 15 is 0 Å². The highest BCUT2D eigenvalue weighted by atomic mass is 19.4. The van der Waals surface area contributed by atoms with E-state index in [0.717, 1.165) is 5.70 Å². The average molecular weight is 404 g/mol. The largest absolute Gasteiger partial charge is 0.407 e. The highest BCUT2D eigenvalue weighted by Gasteiger charge is 2.28. The van der Waals surface area contributed by atoms with E-state index in [2.05, 4.69) is 26.1 Å². The number of hydrogen-bond acceptors (Lipinski definition) is 6. The fourth-order valence-corrected chi connectivity index (χ4v) is 2.58. The van der Waals surface area contributed by atoms with Gasteiger partial charge in [0.25, 0.3) is 5.96 Å². The third-order valence-corrected chi connectivity index (χ3v) is 4.06. The Morgan fingerprint density at radius 2 is 1.90 bits per heavy atom. The number of halogens is 3. The molecule has 0 atom stereocenters. The minimum absolute atomic E-state index is 0.0193. The molecule has 0 spiro atoms. The van der Waals surface area contributed by atoms with Crippen LogP contribution in [0.25, 0.3) is 0 Å². The van der Waals surface area contributed by atoms with Gasteiger partial charge in [-0.25, -0.2) is 0 Å². The first-order chi connectivity index (χ1) is 13.7. The summed E-state index contributed by atoms with van der Waals surface area (Å²) in [5.41, 5.74) is 0.978. The molecule has 8 nitrogen and oxygen atoms in total. The van der Waals surface area contributed by atoms with Crippen molar-refractivity contribution in [2.45, 2.75) is 20.0 Å². The zero-order valence-corrected chi connectivity index (χ0v) is 16.1. The highest BCUT2D eigenvalue weighted by Crippen LogP contribution is 2.18. The van der Waals surface area contributed by atoms with E-state index in [-0.39, 0.29) is 28.8 Å². The molecule has 0 unspecified atom stereocenters. The number of rotatable bonds is 5. The Kier molecular flexibility index (Phi) is 6.85. The van der Waals surface area contributed by atoms with Crippen LogP contribution >= 0.6 is 0 Å². The third-order valence-electron chi connectivity index (χ3n) is 4.06. The minimum atomic E-state index is -4.45. The van der Waals surface area contributed by atoms with Crippen LogP contribution < -0.4 is 0 Å². The standard InChI is InChI=1S/C18H19F3N8/c1-4-29(5-2)12-6-7-13(14(8-12)24-11-18(19,20)21)26-27-17-25-15(9-22)16(10-23)28(17)3/h6-8,23H,4-5,11H2,1-3H3. The van der Waals surface area contributed by atoms with Gasteiger partial charge in [-0.15, -0.1) is 10.2 Å². The van der Waals surface area contributed by atoms with E-state index < -0.39 is 12.7 Å². The Bertz CT molecular complexity index is 933. The monoisotopic (exact) mass is 404 g/mol. The molecule has 0 radical (unpaired) electrons. The van der Waals surface area contributed by atoms with Gasteiger partial charge in [0.15, 0.2) is 5.71 Å². The molecule has 29 heavy (non-hydrogen) atoms. The van der Waals surface area contributed by atoms with Crippen molar-refractivity contribution in [2.75, 3.05) is 26.7 Å². The summed E-state index contributed by atoms with van der Waals surface area (Å²) in [7, 11) is 1.53. The summed E-state index contributed by atoms with van der Waals surface area (Å²) in [6.07, 6.45) is 0.340. The van der Waals surface area contributed by atoms with Crippen molar-refractivity contribution in [3.05, 3.63) is 29.6 Å². The Hall–Kier alpha value is -3.51. The Balaban J connectivity index is 2.43. The quantitative estimate of drug-likeness (QED) is 0.433. The maximum absolute atomic E-state index is 12.7. The molecule has 0 aromatic rings. The maximum atomic E-state index is 12.7. The second-order valence-electron chi connectivity index (χ2n) is 5.88. The van der Waals surface area contributed by atoms with E-state index in [1.165, 1.54) is 24.1 Å². The highest BCUT2D eigenvalue weighted by molar-refractivity contribution is 6.51. The lowest BCUT2D eigenvalue weighted by Gasteiger charge is -2.24. The first kappa shape index (κ1) is 21.8. The van der Waals surface area contributed by atoms with Gasteiger partial charge >= 0.3 is 6.18 Å². The molecule has 0 aromatic heterocycles. The van der Waals surface area contributed by atoms with Crippen LogP contribution in [0.15, 0.2) is 49.8 Å². The lowest BCUT2D eigenvalue weighted by molar-refractivity contribution is -0.118. The van der Waals surface area contributed by atoms with Crippen molar-refractivity contribution in [1.29, 1.82) is 10.7 Å². The Morgan fingerprint density at radius 1 is 1.21 bits per heavy atom. The van der Waals surface area contributed by atoms with Gasteiger partial charge in [0.1, 0.15) is 24.0 Å². The zero-order chi connectivity index (χ0) is 21.6. The SMILES string of the molecule is CCN(CC)C1=CC(=NCC(F)(F)F)C(=NN=C2N=C(C#N)C(=C=N)N2C)C=C1. The first-order valence-corrected chi connectivity index (χ1v) is 8.68. The first-order valence-electron chi connectivity index (χ1n) is 8.68. The van der Waals surface area contributed by atoms with Gasteiger partial charge in [0.2, 0.25) is 0 Å². The lowest BCUT2D eigenvalue weighted by Crippen LogP contribution is -2.26. The molecule has 1 N–H and O–H groups in total. The summed E-state index contributed by atoms with van der Waals surface area (Å²) < 4.78 is 38.0. The van der Waals surface area contributed by atoms with Crippen LogP contribution in [-0.4, -0.2) is 71.6 Å². The second kappa shape index (κ2) is 9.12. The molecule has 11 heteroatoms. The Labute approximate surface area is 166 Å². The molecule has 0 bridgehead atoms. The summed E-state index contributed by atoms with van der Waals surface area (Å²) in [5.74, 6) is 2.11. The van der Waals surface area contributed by atoms with Gasteiger partial charge in [-0.05, 0) is 32.1 Å². The van der Waals surface area contributed by atoms with E-state index in [1.54, 1.807) is 6.08 Å². The molecule has 0 amide bonds. The van der Waals surface area contributed by atoms with Crippen LogP contribution in [0.2, 0.25) is 0 Å². The van der Waals surface area contributed by atoms with Crippen LogP contribution in [0.5, 0.6) is 0 Å². The van der Waals surface area contributed by atoms with Crippen LogP contribution in [0.1, 0.15) is 13.8 Å². The molecule has 2 aliphatic rings. The predicted molar refractivity (Wildman–Crippen MR) is 105 cm³/mol. The Morgan fingerprint density at radius 3 is 2.41 bits per heavy atom. The molecular weight excluding hydrogens is 385 g/mol. The summed E-state index contributed by atoms with van der Waals surface area (Å²) >= 11 is 0. The molecule has 2 rings (SSSR count). The smallest absolute Gasteiger partial charge is 0.372 e. The second-order valence-corrected chi connectivity index (χ2v) is 5.88. The fourth-order valence-electron chi connectivity index (χ4n) is 2.58. The number of nitrogens with one attached hydrogen (secondary N) is 1. The van der Waals surface area contributed by atoms with Gasteiger partial charge in [0, 0.05) is 31.7 Å². The lowest BCUT2D eigenvalue weighted by atomic mass is 10.1. The fraction of sp³-hybridized carbons (Fsp3) is 0.389. The molecule has 1 aliphatic heterocycles. The van der Waals surface area contributed by atoms with Crippen molar-refractivity contribution < 1.29 is 13.2 Å². The predicted octanol–water partition coefficient (Wildman–Crippen LogP) is 2.54. The molecule has 1 aliphatic carbocycles. The third kappa shape index (κ3) is 5.27. The summed E-state index contributed by atoms with van der Waals surface area (Å²) in [5, 5.41) is 24.2. The number of nitrogens with zero attached hydrogens (tertiary/aromatic N) is 7. The van der Waals surface area contributed by atoms with Crippen LogP contribution in [0.3, 0.4) is 0 Å². The summed E-state index contributed by atoms with van der Waals surface area (Å²) in [4.78, 5) is 10.9. The topological polar surface area (TPSA) is 104 Å². The molecule has 0 aromatic carbocycles. The van der Waals surface area contributed by atoms with Crippen LogP contribution in [0, 0.1) is 16.7 Å². The maximum Gasteiger partial charge on any atom is 0.407 e. The molecular formula is C18H19F3N8. The van der Waals surface area contributed by atoms with E-state index in [4.69, 9.17) is 10.7 Å². The number of aliphatic imine (C=N–C) groups is 2. The van der Waals surface area contributed by atoms with E-state index in [1.807, 2.05) is 24.8 Å². The number of likely N-dealkylation sites (N-methyl/N-ethyl adjacent to an activating group) is 1. The van der Waals surface area contributed by atoms with Gasteiger partial charge in [-0.1, -0.05) is 0 Å². The molecule has 0 saturated heterocycles.